The van der Waals surface area contributed by atoms with Crippen LogP contribution in [-0.4, -0.2) is 47.5 Å². The first-order chi connectivity index (χ1) is 9.72. The van der Waals surface area contributed by atoms with Crippen LogP contribution in [-0.2, 0) is 0 Å². The Hall–Kier alpha value is -1.65. The van der Waals surface area contributed by atoms with Gasteiger partial charge in [-0.05, 0) is 25.7 Å². The third kappa shape index (κ3) is 3.68. The summed E-state index contributed by atoms with van der Waals surface area (Å²) in [6, 6.07) is 0. The standard InChI is InChI=1S/C15H24N4O/c1-3-4-8-18(2)14(20)13-11-16-15(17-12-13)19-9-6-5-7-10-19/h11-12H,3-10H2,1-2H3. The van der Waals surface area contributed by atoms with E-state index in [4.69, 9.17) is 0 Å². The Balaban J connectivity index is 1.98. The van der Waals surface area contributed by atoms with Crippen LogP contribution in [0.2, 0.25) is 0 Å². The molecule has 1 aliphatic rings. The number of hydrogen-bond acceptors (Lipinski definition) is 4. The number of piperidine rings is 1. The second kappa shape index (κ2) is 7.22. The van der Waals surface area contributed by atoms with Gasteiger partial charge in [0.05, 0.1) is 5.56 Å². The quantitative estimate of drug-likeness (QED) is 0.828. The van der Waals surface area contributed by atoms with E-state index in [2.05, 4.69) is 21.8 Å². The predicted octanol–water partition coefficient (Wildman–Crippen LogP) is 2.34. The molecule has 1 amide bonds. The molecule has 1 aromatic heterocycles. The fraction of sp³-hybridized carbons (Fsp3) is 0.667. The lowest BCUT2D eigenvalue weighted by Gasteiger charge is -2.26. The number of carbonyl (C=O) groups is 1. The number of amides is 1. The third-order valence-corrected chi connectivity index (χ3v) is 3.72. The Bertz CT molecular complexity index is 426. The molecule has 0 aliphatic carbocycles. The van der Waals surface area contributed by atoms with Crippen molar-refractivity contribution in [2.45, 2.75) is 39.0 Å². The van der Waals surface area contributed by atoms with Gasteiger partial charge < -0.3 is 9.80 Å². The van der Waals surface area contributed by atoms with E-state index in [0.29, 0.717) is 5.56 Å². The monoisotopic (exact) mass is 276 g/mol. The second-order valence-corrected chi connectivity index (χ2v) is 5.40. The van der Waals surface area contributed by atoms with Gasteiger partial charge in [0.15, 0.2) is 0 Å². The van der Waals surface area contributed by atoms with Crippen LogP contribution in [0.3, 0.4) is 0 Å². The van der Waals surface area contributed by atoms with E-state index in [9.17, 15) is 4.79 Å². The van der Waals surface area contributed by atoms with Crippen molar-refractivity contribution in [1.82, 2.24) is 14.9 Å². The summed E-state index contributed by atoms with van der Waals surface area (Å²) in [5.74, 6) is 0.751. The lowest BCUT2D eigenvalue weighted by molar-refractivity contribution is 0.0792. The van der Waals surface area contributed by atoms with Crippen LogP contribution in [0, 0.1) is 0 Å². The maximum atomic E-state index is 12.2. The molecule has 0 unspecified atom stereocenters. The molecule has 1 saturated heterocycles. The van der Waals surface area contributed by atoms with Crippen molar-refractivity contribution in [2.75, 3.05) is 31.6 Å². The lowest BCUT2D eigenvalue weighted by atomic mass is 10.1. The second-order valence-electron chi connectivity index (χ2n) is 5.40. The molecule has 5 heteroatoms. The molecular weight excluding hydrogens is 252 g/mol. The Kier molecular flexibility index (Phi) is 5.32. The molecule has 0 bridgehead atoms. The number of aromatic nitrogens is 2. The minimum Gasteiger partial charge on any atom is -0.342 e. The number of carbonyl (C=O) groups excluding carboxylic acids is 1. The molecule has 0 aromatic carbocycles. The number of rotatable bonds is 5. The van der Waals surface area contributed by atoms with Crippen LogP contribution in [0.4, 0.5) is 5.95 Å². The molecule has 0 radical (unpaired) electrons. The number of unbranched alkanes of at least 4 members (excludes halogenated alkanes) is 1. The summed E-state index contributed by atoms with van der Waals surface area (Å²) in [5, 5.41) is 0. The highest BCUT2D eigenvalue weighted by Crippen LogP contribution is 2.15. The summed E-state index contributed by atoms with van der Waals surface area (Å²) in [4.78, 5) is 24.8. The molecule has 1 aromatic rings. The number of hydrogen-bond donors (Lipinski definition) is 0. The average Bonchev–Trinajstić information content (AvgIpc) is 2.53. The van der Waals surface area contributed by atoms with E-state index in [0.717, 1.165) is 38.4 Å². The van der Waals surface area contributed by atoms with Crippen molar-refractivity contribution >= 4 is 11.9 Å². The first-order valence-corrected chi connectivity index (χ1v) is 7.55. The molecule has 2 heterocycles. The first-order valence-electron chi connectivity index (χ1n) is 7.55. The van der Waals surface area contributed by atoms with Crippen molar-refractivity contribution in [1.29, 1.82) is 0 Å². The van der Waals surface area contributed by atoms with Crippen LogP contribution in [0.5, 0.6) is 0 Å². The summed E-state index contributed by atoms with van der Waals surface area (Å²) in [6.07, 6.45) is 9.10. The molecule has 0 spiro atoms. The Morgan fingerprint density at radius 1 is 1.25 bits per heavy atom. The molecule has 1 aliphatic heterocycles. The van der Waals surface area contributed by atoms with Crippen molar-refractivity contribution in [3.8, 4) is 0 Å². The normalized spacial score (nSPS) is 15.2. The van der Waals surface area contributed by atoms with Gasteiger partial charge in [-0.2, -0.15) is 0 Å². The van der Waals surface area contributed by atoms with Gasteiger partial charge in [0, 0.05) is 39.1 Å². The average molecular weight is 276 g/mol. The Labute approximate surface area is 121 Å². The Morgan fingerprint density at radius 3 is 2.50 bits per heavy atom. The van der Waals surface area contributed by atoms with Gasteiger partial charge in [0.2, 0.25) is 5.95 Å². The zero-order chi connectivity index (χ0) is 14.4. The SMILES string of the molecule is CCCCN(C)C(=O)c1cnc(N2CCCCC2)nc1. The first kappa shape index (κ1) is 14.8. The molecule has 2 rings (SSSR count). The van der Waals surface area contributed by atoms with Crippen LogP contribution >= 0.6 is 0 Å². The maximum absolute atomic E-state index is 12.2. The number of anilines is 1. The van der Waals surface area contributed by atoms with Gasteiger partial charge in [-0.25, -0.2) is 9.97 Å². The molecule has 5 nitrogen and oxygen atoms in total. The minimum absolute atomic E-state index is 0.00337. The van der Waals surface area contributed by atoms with Gasteiger partial charge in [0.1, 0.15) is 0 Å². The Morgan fingerprint density at radius 2 is 1.90 bits per heavy atom. The summed E-state index contributed by atoms with van der Waals surface area (Å²) in [6.45, 7) is 4.94. The lowest BCUT2D eigenvalue weighted by Crippen LogP contribution is -2.31. The van der Waals surface area contributed by atoms with Crippen LogP contribution in [0.1, 0.15) is 49.4 Å². The van der Waals surface area contributed by atoms with E-state index in [1.165, 1.54) is 19.3 Å². The van der Waals surface area contributed by atoms with Gasteiger partial charge in [-0.15, -0.1) is 0 Å². The summed E-state index contributed by atoms with van der Waals surface area (Å²) < 4.78 is 0. The van der Waals surface area contributed by atoms with E-state index in [-0.39, 0.29) is 5.91 Å². The summed E-state index contributed by atoms with van der Waals surface area (Å²) in [5.41, 5.74) is 0.573. The van der Waals surface area contributed by atoms with Crippen LogP contribution in [0.15, 0.2) is 12.4 Å². The van der Waals surface area contributed by atoms with E-state index in [1.54, 1.807) is 17.3 Å². The fourth-order valence-corrected chi connectivity index (χ4v) is 2.41. The van der Waals surface area contributed by atoms with Crippen molar-refractivity contribution in [3.05, 3.63) is 18.0 Å². The van der Waals surface area contributed by atoms with Crippen LogP contribution in [0.25, 0.3) is 0 Å². The van der Waals surface area contributed by atoms with Crippen LogP contribution < -0.4 is 4.90 Å². The predicted molar refractivity (Wildman–Crippen MR) is 80.0 cm³/mol. The molecule has 0 saturated carbocycles. The zero-order valence-electron chi connectivity index (χ0n) is 12.5. The van der Waals surface area contributed by atoms with E-state index >= 15 is 0 Å². The van der Waals surface area contributed by atoms with Gasteiger partial charge in [-0.1, -0.05) is 13.3 Å². The highest BCUT2D eigenvalue weighted by molar-refractivity contribution is 5.93. The fourth-order valence-electron chi connectivity index (χ4n) is 2.41. The summed E-state index contributed by atoms with van der Waals surface area (Å²) in [7, 11) is 1.83. The minimum atomic E-state index is 0.00337. The van der Waals surface area contributed by atoms with Crippen molar-refractivity contribution in [3.63, 3.8) is 0 Å². The molecule has 110 valence electrons. The smallest absolute Gasteiger partial charge is 0.256 e. The third-order valence-electron chi connectivity index (χ3n) is 3.72. The molecule has 1 fully saturated rings. The van der Waals surface area contributed by atoms with Gasteiger partial charge >= 0.3 is 0 Å². The zero-order valence-corrected chi connectivity index (χ0v) is 12.5. The topological polar surface area (TPSA) is 49.3 Å². The highest BCUT2D eigenvalue weighted by Gasteiger charge is 2.16. The largest absolute Gasteiger partial charge is 0.342 e. The molecule has 20 heavy (non-hydrogen) atoms. The molecule has 0 N–H and O–H groups in total. The van der Waals surface area contributed by atoms with E-state index in [1.807, 2.05) is 7.05 Å². The highest BCUT2D eigenvalue weighted by atomic mass is 16.2. The van der Waals surface area contributed by atoms with Gasteiger partial charge in [0.25, 0.3) is 5.91 Å². The van der Waals surface area contributed by atoms with E-state index < -0.39 is 0 Å². The van der Waals surface area contributed by atoms with Gasteiger partial charge in [-0.3, -0.25) is 4.79 Å². The molecular formula is C15H24N4O. The number of nitrogens with zero attached hydrogens (tertiary/aromatic N) is 4. The molecule has 0 atom stereocenters. The van der Waals surface area contributed by atoms with Crippen molar-refractivity contribution in [2.24, 2.45) is 0 Å². The summed E-state index contributed by atoms with van der Waals surface area (Å²) >= 11 is 0. The van der Waals surface area contributed by atoms with Crippen molar-refractivity contribution < 1.29 is 4.79 Å². The maximum Gasteiger partial charge on any atom is 0.256 e.